The zero-order valence-electron chi connectivity index (χ0n) is 14.7. The van der Waals surface area contributed by atoms with Gasteiger partial charge in [-0.1, -0.05) is 36.5 Å². The number of carbonyl (C=O) groups excluding carboxylic acids is 1. The zero-order valence-corrected chi connectivity index (χ0v) is 15.5. The van der Waals surface area contributed by atoms with Crippen molar-refractivity contribution in [1.82, 2.24) is 10.2 Å². The lowest BCUT2D eigenvalue weighted by atomic mass is 10.2. The molecule has 134 valence electrons. The zero-order chi connectivity index (χ0) is 18.4. The van der Waals surface area contributed by atoms with Crippen molar-refractivity contribution in [3.63, 3.8) is 0 Å². The molecule has 7 heteroatoms. The van der Waals surface area contributed by atoms with E-state index in [0.29, 0.717) is 11.7 Å². The van der Waals surface area contributed by atoms with Gasteiger partial charge in [-0.2, -0.15) is 0 Å². The average Bonchev–Trinajstić information content (AvgIpc) is 3.10. The number of benzene rings is 2. The van der Waals surface area contributed by atoms with E-state index in [9.17, 15) is 4.79 Å². The summed E-state index contributed by atoms with van der Waals surface area (Å²) in [6.07, 6.45) is 0.970. The minimum atomic E-state index is -0.342. The van der Waals surface area contributed by atoms with Crippen molar-refractivity contribution in [2.75, 3.05) is 17.2 Å². The molecule has 3 rings (SSSR count). The van der Waals surface area contributed by atoms with Crippen LogP contribution in [0.15, 0.2) is 48.5 Å². The highest BCUT2D eigenvalue weighted by Gasteiger charge is 2.10. The number of carbonyl (C=O) groups is 1. The van der Waals surface area contributed by atoms with Crippen LogP contribution in [0.2, 0.25) is 0 Å². The maximum Gasteiger partial charge on any atom is 0.325 e. The molecule has 0 aliphatic carbocycles. The summed E-state index contributed by atoms with van der Waals surface area (Å²) in [4.78, 5) is 12.1. The molecular formula is C19H20N4O2S. The summed E-state index contributed by atoms with van der Waals surface area (Å²) in [5.41, 5.74) is 2.68. The number of amides is 2. The summed E-state index contributed by atoms with van der Waals surface area (Å²) < 4.78 is 5.57. The van der Waals surface area contributed by atoms with Crippen LogP contribution in [0.25, 0.3) is 10.6 Å². The molecule has 0 aliphatic rings. The highest BCUT2D eigenvalue weighted by atomic mass is 32.1. The number of nitrogens with zero attached hydrogens (tertiary/aromatic N) is 2. The van der Waals surface area contributed by atoms with E-state index in [-0.39, 0.29) is 6.03 Å². The van der Waals surface area contributed by atoms with Crippen LogP contribution in [0.3, 0.4) is 0 Å². The third-order valence-corrected chi connectivity index (χ3v) is 4.50. The van der Waals surface area contributed by atoms with Crippen LogP contribution in [0, 0.1) is 6.92 Å². The third-order valence-electron chi connectivity index (χ3n) is 3.61. The van der Waals surface area contributed by atoms with Crippen LogP contribution < -0.4 is 15.4 Å². The van der Waals surface area contributed by atoms with Crippen molar-refractivity contribution in [3.05, 3.63) is 54.1 Å². The lowest BCUT2D eigenvalue weighted by Gasteiger charge is -2.07. The predicted molar refractivity (Wildman–Crippen MR) is 105 cm³/mol. The Labute approximate surface area is 156 Å². The molecule has 1 heterocycles. The lowest BCUT2D eigenvalue weighted by molar-refractivity contribution is 0.262. The Kier molecular flexibility index (Phi) is 5.80. The Morgan fingerprint density at radius 1 is 1.08 bits per heavy atom. The Morgan fingerprint density at radius 2 is 1.85 bits per heavy atom. The number of para-hydroxylation sites is 1. The van der Waals surface area contributed by atoms with Gasteiger partial charge in [-0.3, -0.25) is 5.32 Å². The van der Waals surface area contributed by atoms with E-state index in [4.69, 9.17) is 4.74 Å². The van der Waals surface area contributed by atoms with Crippen LogP contribution in [-0.2, 0) is 0 Å². The lowest BCUT2D eigenvalue weighted by Crippen LogP contribution is -2.19. The molecule has 0 aliphatic heterocycles. The van der Waals surface area contributed by atoms with E-state index < -0.39 is 0 Å². The second kappa shape index (κ2) is 8.44. The molecule has 0 spiro atoms. The monoisotopic (exact) mass is 368 g/mol. The molecule has 2 N–H and O–H groups in total. The molecule has 0 saturated heterocycles. The van der Waals surface area contributed by atoms with Crippen molar-refractivity contribution >= 4 is 28.2 Å². The molecule has 0 radical (unpaired) electrons. The molecule has 0 bridgehead atoms. The van der Waals surface area contributed by atoms with Gasteiger partial charge in [0.05, 0.1) is 6.61 Å². The maximum atomic E-state index is 12.1. The third kappa shape index (κ3) is 4.58. The molecule has 0 unspecified atom stereocenters. The van der Waals surface area contributed by atoms with Gasteiger partial charge >= 0.3 is 6.03 Å². The van der Waals surface area contributed by atoms with Gasteiger partial charge in [-0.25, -0.2) is 4.79 Å². The molecule has 0 atom stereocenters. The van der Waals surface area contributed by atoms with Gasteiger partial charge in [0.1, 0.15) is 10.8 Å². The number of ether oxygens (including phenoxy) is 1. The standard InChI is InChI=1S/C19H20N4O2S/c1-3-12-25-15-10-8-14(9-11-15)17-22-23-19(26-17)21-18(24)20-16-7-5-4-6-13(16)2/h4-11H,3,12H2,1-2H3,(H2,20,21,23,24). The summed E-state index contributed by atoms with van der Waals surface area (Å²) in [6.45, 7) is 4.70. The summed E-state index contributed by atoms with van der Waals surface area (Å²) in [5.74, 6) is 0.830. The number of nitrogens with one attached hydrogen (secondary N) is 2. The normalized spacial score (nSPS) is 10.4. The second-order valence-corrected chi connectivity index (χ2v) is 6.66. The number of urea groups is 1. The largest absolute Gasteiger partial charge is 0.494 e. The maximum absolute atomic E-state index is 12.1. The average molecular weight is 368 g/mol. The number of rotatable bonds is 6. The topological polar surface area (TPSA) is 76.1 Å². The van der Waals surface area contributed by atoms with Gasteiger partial charge in [0.25, 0.3) is 0 Å². The number of hydrogen-bond donors (Lipinski definition) is 2. The molecule has 6 nitrogen and oxygen atoms in total. The quantitative estimate of drug-likeness (QED) is 0.646. The number of aryl methyl sites for hydroxylation is 1. The first-order chi connectivity index (χ1) is 12.7. The van der Waals surface area contributed by atoms with Crippen LogP contribution in [-0.4, -0.2) is 22.8 Å². The van der Waals surface area contributed by atoms with Gasteiger partial charge in [0.2, 0.25) is 5.13 Å². The van der Waals surface area contributed by atoms with E-state index in [1.807, 2.05) is 55.5 Å². The van der Waals surface area contributed by atoms with Crippen LogP contribution >= 0.6 is 11.3 Å². The summed E-state index contributed by atoms with van der Waals surface area (Å²) in [6, 6.07) is 14.9. The SMILES string of the molecule is CCCOc1ccc(-c2nnc(NC(=O)Nc3ccccc3C)s2)cc1. The smallest absolute Gasteiger partial charge is 0.325 e. The van der Waals surface area contributed by atoms with Crippen LogP contribution in [0.4, 0.5) is 15.6 Å². The first kappa shape index (κ1) is 17.9. The first-order valence-electron chi connectivity index (χ1n) is 8.36. The number of aromatic nitrogens is 2. The van der Waals surface area contributed by atoms with E-state index in [0.717, 1.165) is 34.0 Å². The van der Waals surface area contributed by atoms with E-state index in [1.54, 1.807) is 0 Å². The Balaban J connectivity index is 1.62. The molecule has 1 aromatic heterocycles. The molecular weight excluding hydrogens is 348 g/mol. The first-order valence-corrected chi connectivity index (χ1v) is 9.17. The van der Waals surface area contributed by atoms with E-state index in [1.165, 1.54) is 11.3 Å². The number of hydrogen-bond acceptors (Lipinski definition) is 5. The van der Waals surface area contributed by atoms with Crippen molar-refractivity contribution in [1.29, 1.82) is 0 Å². The fraction of sp³-hybridized carbons (Fsp3) is 0.211. The van der Waals surface area contributed by atoms with Gasteiger partial charge in [-0.15, -0.1) is 10.2 Å². The van der Waals surface area contributed by atoms with Gasteiger partial charge < -0.3 is 10.1 Å². The summed E-state index contributed by atoms with van der Waals surface area (Å²) >= 11 is 1.32. The van der Waals surface area contributed by atoms with Gasteiger partial charge in [0.15, 0.2) is 0 Å². The molecule has 0 saturated carbocycles. The summed E-state index contributed by atoms with van der Waals surface area (Å²) in [5, 5.41) is 14.9. The minimum absolute atomic E-state index is 0.342. The Bertz CT molecular complexity index is 877. The van der Waals surface area contributed by atoms with Crippen molar-refractivity contribution < 1.29 is 9.53 Å². The van der Waals surface area contributed by atoms with Crippen molar-refractivity contribution in [3.8, 4) is 16.3 Å². The fourth-order valence-corrected chi connectivity index (χ4v) is 3.01. The molecule has 2 aromatic carbocycles. The Morgan fingerprint density at radius 3 is 2.58 bits per heavy atom. The number of anilines is 2. The second-order valence-electron chi connectivity index (χ2n) is 5.68. The molecule has 26 heavy (non-hydrogen) atoms. The Hall–Kier alpha value is -2.93. The minimum Gasteiger partial charge on any atom is -0.494 e. The molecule has 0 fully saturated rings. The van der Waals surface area contributed by atoms with Gasteiger partial charge in [-0.05, 0) is 49.2 Å². The van der Waals surface area contributed by atoms with Gasteiger partial charge in [0, 0.05) is 11.3 Å². The highest BCUT2D eigenvalue weighted by molar-refractivity contribution is 7.18. The van der Waals surface area contributed by atoms with Crippen LogP contribution in [0.1, 0.15) is 18.9 Å². The highest BCUT2D eigenvalue weighted by Crippen LogP contribution is 2.28. The van der Waals surface area contributed by atoms with Crippen molar-refractivity contribution in [2.24, 2.45) is 0 Å². The van der Waals surface area contributed by atoms with E-state index in [2.05, 4.69) is 27.8 Å². The van der Waals surface area contributed by atoms with Crippen molar-refractivity contribution in [2.45, 2.75) is 20.3 Å². The molecule has 3 aromatic rings. The predicted octanol–water partition coefficient (Wildman–Crippen LogP) is 4.95. The van der Waals surface area contributed by atoms with Crippen LogP contribution in [0.5, 0.6) is 5.75 Å². The summed E-state index contributed by atoms with van der Waals surface area (Å²) in [7, 11) is 0. The molecule has 2 amide bonds. The fourth-order valence-electron chi connectivity index (χ4n) is 2.27. The van der Waals surface area contributed by atoms with E-state index >= 15 is 0 Å².